The molecule has 0 saturated carbocycles. The molecule has 0 unspecified atom stereocenters. The van der Waals surface area contributed by atoms with Crippen LogP contribution in [-0.2, 0) is 13.0 Å². The molecule has 21 heavy (non-hydrogen) atoms. The van der Waals surface area contributed by atoms with Gasteiger partial charge in [-0.15, -0.1) is 0 Å². The summed E-state index contributed by atoms with van der Waals surface area (Å²) in [4.78, 5) is 5.14. The van der Waals surface area contributed by atoms with Crippen molar-refractivity contribution < 1.29 is 4.74 Å². The molecule has 0 aliphatic carbocycles. The highest BCUT2D eigenvalue weighted by Crippen LogP contribution is 2.33. The van der Waals surface area contributed by atoms with E-state index in [0.717, 1.165) is 62.6 Å². The standard InChI is InChI=1S/C16H22ClN3O/c17-14-7-12-1-6-21-16(12)13(8-14)11-19-2-4-20(5-3-19)15-9-18-10-15/h7-8,15,18H,1-6,9-11H2. The van der Waals surface area contributed by atoms with Crippen molar-refractivity contribution in [3.8, 4) is 5.75 Å². The van der Waals surface area contributed by atoms with E-state index in [9.17, 15) is 0 Å². The molecule has 0 bridgehead atoms. The third kappa shape index (κ3) is 2.78. The fourth-order valence-electron chi connectivity index (χ4n) is 3.52. The molecule has 1 aromatic carbocycles. The minimum absolute atomic E-state index is 0.769. The van der Waals surface area contributed by atoms with Crippen molar-refractivity contribution in [1.29, 1.82) is 0 Å². The number of halogens is 1. The van der Waals surface area contributed by atoms with Crippen LogP contribution < -0.4 is 10.1 Å². The van der Waals surface area contributed by atoms with Crippen molar-refractivity contribution in [3.05, 3.63) is 28.3 Å². The van der Waals surface area contributed by atoms with E-state index in [1.165, 1.54) is 24.2 Å². The highest BCUT2D eigenvalue weighted by molar-refractivity contribution is 6.30. The Labute approximate surface area is 131 Å². The van der Waals surface area contributed by atoms with Crippen LogP contribution in [0.4, 0.5) is 0 Å². The van der Waals surface area contributed by atoms with Gasteiger partial charge in [0.25, 0.3) is 0 Å². The Morgan fingerprint density at radius 2 is 2.00 bits per heavy atom. The van der Waals surface area contributed by atoms with Gasteiger partial charge in [0, 0.05) is 68.9 Å². The largest absolute Gasteiger partial charge is 0.493 e. The summed E-state index contributed by atoms with van der Waals surface area (Å²) < 4.78 is 5.81. The minimum Gasteiger partial charge on any atom is -0.493 e. The number of nitrogens with zero attached hydrogens (tertiary/aromatic N) is 2. The van der Waals surface area contributed by atoms with Crippen LogP contribution in [-0.4, -0.2) is 61.7 Å². The lowest BCUT2D eigenvalue weighted by molar-refractivity contribution is 0.0692. The number of hydrogen-bond acceptors (Lipinski definition) is 4. The lowest BCUT2D eigenvalue weighted by Gasteiger charge is -2.43. The second-order valence-corrected chi connectivity index (χ2v) is 6.71. The van der Waals surface area contributed by atoms with E-state index in [0.29, 0.717) is 0 Å². The average molecular weight is 308 g/mol. The summed E-state index contributed by atoms with van der Waals surface area (Å²) in [6.07, 6.45) is 0.991. The number of piperazine rings is 1. The summed E-state index contributed by atoms with van der Waals surface area (Å²) in [6.45, 7) is 8.71. The van der Waals surface area contributed by atoms with Gasteiger partial charge in [0.2, 0.25) is 0 Å². The Morgan fingerprint density at radius 1 is 1.19 bits per heavy atom. The quantitative estimate of drug-likeness (QED) is 0.913. The summed E-state index contributed by atoms with van der Waals surface area (Å²) in [5.74, 6) is 1.09. The maximum atomic E-state index is 6.25. The van der Waals surface area contributed by atoms with Crippen LogP contribution >= 0.6 is 11.6 Å². The molecule has 2 saturated heterocycles. The zero-order valence-corrected chi connectivity index (χ0v) is 13.0. The molecule has 3 aliphatic rings. The fraction of sp³-hybridized carbons (Fsp3) is 0.625. The summed E-state index contributed by atoms with van der Waals surface area (Å²) in [5, 5.41) is 4.20. The highest BCUT2D eigenvalue weighted by atomic mass is 35.5. The van der Waals surface area contributed by atoms with Gasteiger partial charge >= 0.3 is 0 Å². The van der Waals surface area contributed by atoms with E-state index in [1.807, 2.05) is 0 Å². The molecule has 2 fully saturated rings. The lowest BCUT2D eigenvalue weighted by Crippen LogP contribution is -2.61. The van der Waals surface area contributed by atoms with Crippen LogP contribution in [0.3, 0.4) is 0 Å². The Balaban J connectivity index is 1.41. The molecule has 1 aromatic rings. The number of ether oxygens (including phenoxy) is 1. The molecule has 0 atom stereocenters. The number of hydrogen-bond donors (Lipinski definition) is 1. The smallest absolute Gasteiger partial charge is 0.127 e. The zero-order valence-electron chi connectivity index (χ0n) is 12.3. The van der Waals surface area contributed by atoms with Gasteiger partial charge in [-0.1, -0.05) is 11.6 Å². The molecular formula is C16H22ClN3O. The molecule has 0 amide bonds. The Morgan fingerprint density at radius 3 is 2.71 bits per heavy atom. The van der Waals surface area contributed by atoms with Gasteiger partial charge in [0.05, 0.1) is 6.61 Å². The summed E-state index contributed by atoms with van der Waals surface area (Å²) in [7, 11) is 0. The highest BCUT2D eigenvalue weighted by Gasteiger charge is 2.28. The third-order valence-electron chi connectivity index (χ3n) is 4.90. The molecule has 0 spiro atoms. The number of benzene rings is 1. The van der Waals surface area contributed by atoms with Gasteiger partial charge in [-0.25, -0.2) is 0 Å². The monoisotopic (exact) mass is 307 g/mol. The number of rotatable bonds is 3. The van der Waals surface area contributed by atoms with Crippen molar-refractivity contribution in [2.24, 2.45) is 0 Å². The maximum absolute atomic E-state index is 6.25. The summed E-state index contributed by atoms with van der Waals surface area (Å²) in [5.41, 5.74) is 2.53. The SMILES string of the molecule is Clc1cc2c(c(CN3CCN(C4CNC4)CC3)c1)OCC2. The van der Waals surface area contributed by atoms with Gasteiger partial charge in [0.1, 0.15) is 5.75 Å². The van der Waals surface area contributed by atoms with Gasteiger partial charge in [-0.3, -0.25) is 9.80 Å². The Kier molecular flexibility index (Phi) is 3.79. The van der Waals surface area contributed by atoms with Crippen molar-refractivity contribution in [2.75, 3.05) is 45.9 Å². The molecule has 1 N–H and O–H groups in total. The van der Waals surface area contributed by atoms with Crippen LogP contribution in [0.2, 0.25) is 5.02 Å². The minimum atomic E-state index is 0.769. The zero-order chi connectivity index (χ0) is 14.2. The molecule has 5 heteroatoms. The molecule has 114 valence electrons. The number of nitrogens with one attached hydrogen (secondary N) is 1. The van der Waals surface area contributed by atoms with Crippen LogP contribution in [0.25, 0.3) is 0 Å². The maximum Gasteiger partial charge on any atom is 0.127 e. The second kappa shape index (κ2) is 5.76. The predicted molar refractivity (Wildman–Crippen MR) is 84.2 cm³/mol. The van der Waals surface area contributed by atoms with E-state index >= 15 is 0 Å². The van der Waals surface area contributed by atoms with Crippen molar-refractivity contribution >= 4 is 11.6 Å². The fourth-order valence-corrected chi connectivity index (χ4v) is 3.79. The molecule has 0 aromatic heterocycles. The second-order valence-electron chi connectivity index (χ2n) is 6.28. The van der Waals surface area contributed by atoms with Gasteiger partial charge in [-0.2, -0.15) is 0 Å². The van der Waals surface area contributed by atoms with Crippen LogP contribution in [0, 0.1) is 0 Å². The van der Waals surface area contributed by atoms with Crippen LogP contribution in [0.5, 0.6) is 5.75 Å². The predicted octanol–water partition coefficient (Wildman–Crippen LogP) is 1.36. The van der Waals surface area contributed by atoms with E-state index in [4.69, 9.17) is 16.3 Å². The molecule has 4 rings (SSSR count). The Bertz CT molecular complexity index is 524. The van der Waals surface area contributed by atoms with E-state index in [-0.39, 0.29) is 0 Å². The van der Waals surface area contributed by atoms with E-state index in [1.54, 1.807) is 0 Å². The topological polar surface area (TPSA) is 27.7 Å². The van der Waals surface area contributed by atoms with Crippen molar-refractivity contribution in [3.63, 3.8) is 0 Å². The first kappa shape index (κ1) is 13.8. The van der Waals surface area contributed by atoms with Crippen LogP contribution in [0.15, 0.2) is 12.1 Å². The summed E-state index contributed by atoms with van der Waals surface area (Å²) >= 11 is 6.25. The van der Waals surface area contributed by atoms with E-state index in [2.05, 4.69) is 27.2 Å². The number of fused-ring (bicyclic) bond motifs is 1. The summed E-state index contributed by atoms with van der Waals surface area (Å²) in [6, 6.07) is 4.90. The normalized spacial score (nSPS) is 23.7. The third-order valence-corrected chi connectivity index (χ3v) is 5.12. The first-order valence-corrected chi connectivity index (χ1v) is 8.28. The molecular weight excluding hydrogens is 286 g/mol. The lowest BCUT2D eigenvalue weighted by atomic mass is 10.1. The first-order chi connectivity index (χ1) is 10.3. The average Bonchev–Trinajstić information content (AvgIpc) is 2.87. The van der Waals surface area contributed by atoms with Crippen molar-refractivity contribution in [2.45, 2.75) is 19.0 Å². The first-order valence-electron chi connectivity index (χ1n) is 7.91. The molecule has 0 radical (unpaired) electrons. The van der Waals surface area contributed by atoms with Crippen LogP contribution in [0.1, 0.15) is 11.1 Å². The molecule has 4 nitrogen and oxygen atoms in total. The van der Waals surface area contributed by atoms with E-state index < -0.39 is 0 Å². The van der Waals surface area contributed by atoms with Crippen molar-refractivity contribution in [1.82, 2.24) is 15.1 Å². The Hall–Kier alpha value is -0.810. The molecule has 3 heterocycles. The van der Waals surface area contributed by atoms with Gasteiger partial charge < -0.3 is 10.1 Å². The van der Waals surface area contributed by atoms with Gasteiger partial charge in [-0.05, 0) is 17.7 Å². The van der Waals surface area contributed by atoms with Gasteiger partial charge in [0.15, 0.2) is 0 Å². The molecule has 3 aliphatic heterocycles.